The molecule has 1 aliphatic rings. The number of amides is 1. The summed E-state index contributed by atoms with van der Waals surface area (Å²) in [5.74, 6) is -0.646. The van der Waals surface area contributed by atoms with Crippen LogP contribution in [0.5, 0.6) is 0 Å². The lowest BCUT2D eigenvalue weighted by atomic mass is 10.1. The van der Waals surface area contributed by atoms with Crippen LogP contribution < -0.4 is 0 Å². The van der Waals surface area contributed by atoms with Gasteiger partial charge >= 0.3 is 5.97 Å². The van der Waals surface area contributed by atoms with Gasteiger partial charge in [-0.1, -0.05) is 18.2 Å². The van der Waals surface area contributed by atoms with Gasteiger partial charge in [0.2, 0.25) is 0 Å². The van der Waals surface area contributed by atoms with Gasteiger partial charge in [0, 0.05) is 18.7 Å². The average Bonchev–Trinajstić information content (AvgIpc) is 3.38. The first-order chi connectivity index (χ1) is 15.9. The van der Waals surface area contributed by atoms with Crippen LogP contribution >= 0.6 is 11.8 Å². The van der Waals surface area contributed by atoms with Crippen molar-refractivity contribution < 1.29 is 24.0 Å². The van der Waals surface area contributed by atoms with Gasteiger partial charge in [-0.3, -0.25) is 19.8 Å². The van der Waals surface area contributed by atoms with E-state index in [-0.39, 0.29) is 17.2 Å². The number of nitro groups is 1. The van der Waals surface area contributed by atoms with E-state index in [2.05, 4.69) is 4.99 Å². The smallest absolute Gasteiger partial charge is 0.335 e. The molecular formula is C23H17N3O6S. The molecule has 9 nitrogen and oxygen atoms in total. The molecule has 4 rings (SSSR count). The van der Waals surface area contributed by atoms with Crippen molar-refractivity contribution in [2.75, 3.05) is 6.54 Å². The molecule has 166 valence electrons. The Labute approximate surface area is 192 Å². The number of para-hydroxylation sites is 1. The predicted octanol–water partition coefficient (Wildman–Crippen LogP) is 5.18. The Bertz CT molecular complexity index is 1330. The highest BCUT2D eigenvalue weighted by Gasteiger charge is 2.32. The van der Waals surface area contributed by atoms with E-state index in [4.69, 9.17) is 4.42 Å². The third kappa shape index (κ3) is 4.55. The summed E-state index contributed by atoms with van der Waals surface area (Å²) in [4.78, 5) is 41.2. The van der Waals surface area contributed by atoms with Crippen LogP contribution in [0.2, 0.25) is 0 Å². The molecule has 2 aromatic carbocycles. The SMILES string of the molecule is CCN1C(=O)/C(=C\c2ccc(-c3ccccc3[N+](=O)[O-])o2)SC1=Nc1cccc(C(=O)O)c1. The predicted molar refractivity (Wildman–Crippen MR) is 124 cm³/mol. The number of carbonyl (C=O) groups excluding carboxylic acids is 1. The molecule has 1 N–H and O–H groups in total. The third-order valence-corrected chi connectivity index (χ3v) is 5.80. The summed E-state index contributed by atoms with van der Waals surface area (Å²) in [6.45, 7) is 2.18. The van der Waals surface area contributed by atoms with Crippen LogP contribution in [0.4, 0.5) is 11.4 Å². The number of hydrogen-bond acceptors (Lipinski definition) is 7. The number of hydrogen-bond donors (Lipinski definition) is 1. The number of carboxylic acids is 1. The summed E-state index contributed by atoms with van der Waals surface area (Å²) < 4.78 is 5.77. The first-order valence-corrected chi connectivity index (χ1v) is 10.7. The Hall–Kier alpha value is -4.18. The van der Waals surface area contributed by atoms with Crippen LogP contribution in [-0.2, 0) is 4.79 Å². The number of likely N-dealkylation sites (N-methyl/N-ethyl adjacent to an activating group) is 1. The molecule has 0 unspecified atom stereocenters. The van der Waals surface area contributed by atoms with Crippen molar-refractivity contribution in [3.63, 3.8) is 0 Å². The second-order valence-electron chi connectivity index (χ2n) is 6.89. The zero-order valence-corrected chi connectivity index (χ0v) is 18.1. The number of aliphatic imine (C=N–C) groups is 1. The van der Waals surface area contributed by atoms with Gasteiger partial charge in [-0.2, -0.15) is 0 Å². The number of carboxylic acid groups (broad SMARTS) is 1. The monoisotopic (exact) mass is 463 g/mol. The van der Waals surface area contributed by atoms with Crippen LogP contribution in [0, 0.1) is 10.1 Å². The molecule has 10 heteroatoms. The summed E-state index contributed by atoms with van der Waals surface area (Å²) >= 11 is 1.14. The Morgan fingerprint density at radius 1 is 1.21 bits per heavy atom. The summed E-state index contributed by atoms with van der Waals surface area (Å²) in [5.41, 5.74) is 0.783. The number of aromatic carboxylic acids is 1. The van der Waals surface area contributed by atoms with Gasteiger partial charge in [-0.15, -0.1) is 0 Å². The molecule has 1 aromatic heterocycles. The molecule has 0 radical (unpaired) electrons. The standard InChI is InChI=1S/C23H17N3O6S/c1-2-25-21(27)20(33-23(25)24-15-7-5-6-14(12-15)22(28)29)13-16-10-11-19(32-16)17-8-3-4-9-18(17)26(30)31/h3-13H,2H2,1H3,(H,28,29)/b20-13+,24-23?. The quantitative estimate of drug-likeness (QED) is 0.303. The first kappa shape index (κ1) is 22.0. The lowest BCUT2D eigenvalue weighted by Gasteiger charge is -2.12. The first-order valence-electron chi connectivity index (χ1n) is 9.84. The van der Waals surface area contributed by atoms with Crippen molar-refractivity contribution in [3.8, 4) is 11.3 Å². The van der Waals surface area contributed by atoms with Gasteiger partial charge in [-0.05, 0) is 55.1 Å². The summed E-state index contributed by atoms with van der Waals surface area (Å²) in [5, 5.41) is 20.9. The van der Waals surface area contributed by atoms with Gasteiger partial charge in [0.25, 0.3) is 11.6 Å². The van der Waals surface area contributed by atoms with Crippen molar-refractivity contribution in [1.29, 1.82) is 0 Å². The summed E-state index contributed by atoms with van der Waals surface area (Å²) in [6.07, 6.45) is 1.56. The van der Waals surface area contributed by atoms with Crippen molar-refractivity contribution in [2.45, 2.75) is 6.92 Å². The van der Waals surface area contributed by atoms with Crippen molar-refractivity contribution >= 4 is 46.3 Å². The average molecular weight is 463 g/mol. The van der Waals surface area contributed by atoms with Crippen molar-refractivity contribution in [1.82, 2.24) is 4.90 Å². The highest BCUT2D eigenvalue weighted by molar-refractivity contribution is 8.18. The molecule has 1 fully saturated rings. The minimum atomic E-state index is -1.06. The van der Waals surface area contributed by atoms with E-state index in [1.807, 2.05) is 6.92 Å². The van der Waals surface area contributed by atoms with Crippen LogP contribution in [-0.4, -0.2) is 38.5 Å². The second-order valence-corrected chi connectivity index (χ2v) is 7.90. The highest BCUT2D eigenvalue weighted by atomic mass is 32.2. The number of carbonyl (C=O) groups is 2. The lowest BCUT2D eigenvalue weighted by Crippen LogP contribution is -2.28. The van der Waals surface area contributed by atoms with E-state index in [1.165, 1.54) is 23.1 Å². The zero-order valence-electron chi connectivity index (χ0n) is 17.3. The summed E-state index contributed by atoms with van der Waals surface area (Å²) in [6, 6.07) is 15.6. The fourth-order valence-corrected chi connectivity index (χ4v) is 4.28. The van der Waals surface area contributed by atoms with Crippen molar-refractivity contribution in [3.05, 3.63) is 87.0 Å². The normalized spacial score (nSPS) is 16.0. The fraction of sp³-hybridized carbons (Fsp3) is 0.0870. The number of furan rings is 1. The molecule has 1 aliphatic heterocycles. The van der Waals surface area contributed by atoms with E-state index in [1.54, 1.807) is 48.5 Å². The topological polar surface area (TPSA) is 126 Å². The fourth-order valence-electron chi connectivity index (χ4n) is 3.23. The number of amidine groups is 1. The van der Waals surface area contributed by atoms with E-state index >= 15 is 0 Å². The maximum Gasteiger partial charge on any atom is 0.335 e. The number of thioether (sulfide) groups is 1. The molecule has 0 saturated carbocycles. The van der Waals surface area contributed by atoms with Crippen LogP contribution in [0.25, 0.3) is 17.4 Å². The maximum absolute atomic E-state index is 12.9. The van der Waals surface area contributed by atoms with Gasteiger partial charge in [0.05, 0.1) is 26.6 Å². The maximum atomic E-state index is 12.9. The molecule has 33 heavy (non-hydrogen) atoms. The number of benzene rings is 2. The van der Waals surface area contributed by atoms with Gasteiger partial charge in [0.15, 0.2) is 5.17 Å². The van der Waals surface area contributed by atoms with Crippen LogP contribution in [0.1, 0.15) is 23.0 Å². The molecular weight excluding hydrogens is 446 g/mol. The second kappa shape index (κ2) is 9.13. The molecule has 0 bridgehead atoms. The minimum absolute atomic E-state index is 0.0764. The summed E-state index contributed by atoms with van der Waals surface area (Å²) in [7, 11) is 0. The Morgan fingerprint density at radius 3 is 2.73 bits per heavy atom. The van der Waals surface area contributed by atoms with Gasteiger partial charge in [-0.25, -0.2) is 9.79 Å². The molecule has 1 amide bonds. The van der Waals surface area contributed by atoms with E-state index in [0.29, 0.717) is 39.4 Å². The Kier molecular flexibility index (Phi) is 6.09. The largest absolute Gasteiger partial charge is 0.478 e. The molecule has 2 heterocycles. The van der Waals surface area contributed by atoms with Gasteiger partial charge < -0.3 is 9.52 Å². The van der Waals surface area contributed by atoms with Crippen LogP contribution in [0.15, 0.2) is 75.0 Å². The van der Waals surface area contributed by atoms with E-state index < -0.39 is 10.9 Å². The molecule has 0 atom stereocenters. The van der Waals surface area contributed by atoms with Gasteiger partial charge in [0.1, 0.15) is 11.5 Å². The highest BCUT2D eigenvalue weighted by Crippen LogP contribution is 2.36. The molecule has 1 saturated heterocycles. The molecule has 3 aromatic rings. The Morgan fingerprint density at radius 2 is 2.00 bits per heavy atom. The van der Waals surface area contributed by atoms with Crippen molar-refractivity contribution in [2.24, 2.45) is 4.99 Å². The third-order valence-electron chi connectivity index (χ3n) is 4.79. The Balaban J connectivity index is 1.64. The number of nitro benzene ring substituents is 1. The lowest BCUT2D eigenvalue weighted by molar-refractivity contribution is -0.384. The number of nitrogens with zero attached hydrogens (tertiary/aromatic N) is 3. The zero-order chi connectivity index (χ0) is 23.5. The van der Waals surface area contributed by atoms with Crippen LogP contribution in [0.3, 0.4) is 0 Å². The minimum Gasteiger partial charge on any atom is -0.478 e. The number of rotatable bonds is 6. The van der Waals surface area contributed by atoms with E-state index in [0.717, 1.165) is 11.8 Å². The molecule has 0 spiro atoms. The van der Waals surface area contributed by atoms with E-state index in [9.17, 15) is 24.8 Å². The molecule has 0 aliphatic carbocycles.